The summed E-state index contributed by atoms with van der Waals surface area (Å²) in [4.78, 5) is 0. The zero-order chi connectivity index (χ0) is 14.7. The maximum Gasteiger partial charge on any atom is 0.282 e. The molecule has 1 rings (SSSR count). The van der Waals surface area contributed by atoms with Crippen molar-refractivity contribution < 1.29 is 35.5 Å². The summed E-state index contributed by atoms with van der Waals surface area (Å²) in [6.07, 6.45) is -5.42. The van der Waals surface area contributed by atoms with Crippen LogP contribution in [0.4, 0.5) is 36.4 Å². The van der Waals surface area contributed by atoms with E-state index in [2.05, 4.69) is 4.74 Å². The Hall–Kier alpha value is -1.51. The number of anilines is 1. The van der Waals surface area contributed by atoms with Crippen LogP contribution in [0.3, 0.4) is 0 Å². The van der Waals surface area contributed by atoms with Gasteiger partial charge in [-0.2, -0.15) is 0 Å². The molecule has 1 atom stereocenters. The molecule has 0 radical (unpaired) electrons. The van der Waals surface area contributed by atoms with Gasteiger partial charge < -0.3 is 10.1 Å². The van der Waals surface area contributed by atoms with Crippen molar-refractivity contribution in [3.8, 4) is 0 Å². The molecule has 19 heavy (non-hydrogen) atoms. The van der Waals surface area contributed by atoms with Gasteiger partial charge in [0.2, 0.25) is 5.82 Å². The second-order valence-corrected chi connectivity index (χ2v) is 3.30. The van der Waals surface area contributed by atoms with Gasteiger partial charge in [-0.25, -0.2) is 30.7 Å². The fraction of sp³-hybridized carbons (Fsp3) is 0.400. The number of halogens is 7. The summed E-state index contributed by atoms with van der Waals surface area (Å²) in [5.41, 5.74) is -1.56. The van der Waals surface area contributed by atoms with Crippen LogP contribution in [0.15, 0.2) is 0 Å². The van der Waals surface area contributed by atoms with Gasteiger partial charge in [-0.3, -0.25) is 0 Å². The number of rotatable bonds is 5. The zero-order valence-electron chi connectivity index (χ0n) is 9.42. The van der Waals surface area contributed by atoms with E-state index < -0.39 is 47.4 Å². The van der Waals surface area contributed by atoms with Crippen LogP contribution in [-0.2, 0) is 4.74 Å². The Labute approximate surface area is 103 Å². The smallest absolute Gasteiger partial charge is 0.282 e. The van der Waals surface area contributed by atoms with Crippen molar-refractivity contribution in [3.05, 3.63) is 29.1 Å². The predicted molar refractivity (Wildman–Crippen MR) is 51.3 cm³/mol. The van der Waals surface area contributed by atoms with Crippen LogP contribution in [0.2, 0.25) is 0 Å². The van der Waals surface area contributed by atoms with E-state index in [1.807, 2.05) is 0 Å². The third-order valence-electron chi connectivity index (χ3n) is 2.07. The fourth-order valence-electron chi connectivity index (χ4n) is 1.23. The summed E-state index contributed by atoms with van der Waals surface area (Å²) in [5.74, 6) is -11.3. The van der Waals surface area contributed by atoms with Gasteiger partial charge in [0.05, 0.1) is 0 Å². The van der Waals surface area contributed by atoms with E-state index in [1.165, 1.54) is 12.2 Å². The molecule has 0 aliphatic carbocycles. The average molecular weight is 291 g/mol. The minimum absolute atomic E-state index is 0.253. The van der Waals surface area contributed by atoms with E-state index >= 15 is 0 Å². The summed E-state index contributed by atoms with van der Waals surface area (Å²) in [7, 11) is 0. The number of ether oxygens (including phenoxy) is 1. The minimum atomic E-state index is -3.23. The van der Waals surface area contributed by atoms with Crippen LogP contribution in [0.5, 0.6) is 0 Å². The summed E-state index contributed by atoms with van der Waals surface area (Å²) in [6.45, 7) is 1.06. The summed E-state index contributed by atoms with van der Waals surface area (Å²) in [6, 6.07) is 0. The third kappa shape index (κ3) is 3.09. The summed E-state index contributed by atoms with van der Waals surface area (Å²) in [5, 5.41) is 1.46. The first kappa shape index (κ1) is 15.5. The topological polar surface area (TPSA) is 21.3 Å². The molecular weight excluding hydrogens is 283 g/mol. The predicted octanol–water partition coefficient (Wildman–Crippen LogP) is 3.42. The Balaban J connectivity index is 3.20. The van der Waals surface area contributed by atoms with Crippen LogP contribution >= 0.6 is 0 Å². The van der Waals surface area contributed by atoms with Crippen LogP contribution in [0.25, 0.3) is 0 Å². The van der Waals surface area contributed by atoms with Gasteiger partial charge in [0.15, 0.2) is 29.5 Å². The number of hydrogen-bond donors (Lipinski definition) is 1. The van der Waals surface area contributed by atoms with E-state index in [0.29, 0.717) is 0 Å². The van der Waals surface area contributed by atoms with Gasteiger partial charge in [0.1, 0.15) is 5.69 Å². The molecular formula is C10H8F7NO. The van der Waals surface area contributed by atoms with Crippen LogP contribution in [0.1, 0.15) is 6.92 Å². The van der Waals surface area contributed by atoms with Crippen molar-refractivity contribution >= 4 is 5.69 Å². The molecule has 0 bridgehead atoms. The first-order chi connectivity index (χ1) is 8.81. The largest absolute Gasteiger partial charge is 0.353 e. The molecule has 0 saturated carbocycles. The Bertz CT molecular complexity index is 437. The molecule has 0 saturated heterocycles. The quantitative estimate of drug-likeness (QED) is 0.388. The van der Waals surface area contributed by atoms with Crippen LogP contribution < -0.4 is 5.32 Å². The molecule has 0 heterocycles. The molecule has 0 aliphatic heterocycles. The van der Waals surface area contributed by atoms with Gasteiger partial charge in [-0.1, -0.05) is 0 Å². The molecule has 1 N–H and O–H groups in total. The summed E-state index contributed by atoms with van der Waals surface area (Å²) < 4.78 is 93.9. The highest BCUT2D eigenvalue weighted by Gasteiger charge is 2.29. The highest BCUT2D eigenvalue weighted by Crippen LogP contribution is 2.28. The second kappa shape index (κ2) is 6.09. The Morgan fingerprint density at radius 1 is 0.895 bits per heavy atom. The van der Waals surface area contributed by atoms with Gasteiger partial charge in [0, 0.05) is 6.61 Å². The van der Waals surface area contributed by atoms with E-state index in [0.717, 1.165) is 0 Å². The van der Waals surface area contributed by atoms with E-state index in [4.69, 9.17) is 0 Å². The minimum Gasteiger partial charge on any atom is -0.353 e. The molecule has 1 aromatic rings. The lowest BCUT2D eigenvalue weighted by Gasteiger charge is -2.20. The molecule has 0 spiro atoms. The van der Waals surface area contributed by atoms with Crippen molar-refractivity contribution in [2.45, 2.75) is 19.6 Å². The van der Waals surface area contributed by atoms with Crippen molar-refractivity contribution in [1.82, 2.24) is 0 Å². The standard InChI is InChI=1S/C10H8F7NO/c1-2-19-10(9(16)17)18-8-6(14)4(12)3(11)5(13)7(8)15/h9-10,18H,2H2,1H3. The van der Waals surface area contributed by atoms with E-state index in [9.17, 15) is 30.7 Å². The van der Waals surface area contributed by atoms with Crippen molar-refractivity contribution in [1.29, 1.82) is 0 Å². The van der Waals surface area contributed by atoms with Crippen molar-refractivity contribution in [2.75, 3.05) is 11.9 Å². The number of hydrogen-bond acceptors (Lipinski definition) is 2. The van der Waals surface area contributed by atoms with Gasteiger partial charge in [-0.15, -0.1) is 0 Å². The van der Waals surface area contributed by atoms with Crippen molar-refractivity contribution in [2.24, 2.45) is 0 Å². The van der Waals surface area contributed by atoms with Gasteiger partial charge >= 0.3 is 0 Å². The van der Waals surface area contributed by atoms with Gasteiger partial charge in [-0.05, 0) is 6.92 Å². The van der Waals surface area contributed by atoms with Gasteiger partial charge in [0.25, 0.3) is 6.43 Å². The van der Waals surface area contributed by atoms with Crippen LogP contribution in [-0.4, -0.2) is 19.3 Å². The monoisotopic (exact) mass is 291 g/mol. The van der Waals surface area contributed by atoms with E-state index in [-0.39, 0.29) is 6.61 Å². The average Bonchev–Trinajstić information content (AvgIpc) is 2.37. The first-order valence-corrected chi connectivity index (χ1v) is 4.98. The number of nitrogens with one attached hydrogen (secondary N) is 1. The lowest BCUT2D eigenvalue weighted by Crippen LogP contribution is -2.32. The molecule has 0 aromatic heterocycles. The Kier molecular flexibility index (Phi) is 4.98. The molecule has 1 unspecified atom stereocenters. The first-order valence-electron chi connectivity index (χ1n) is 4.98. The molecule has 0 fully saturated rings. The maximum absolute atomic E-state index is 13.2. The highest BCUT2D eigenvalue weighted by molar-refractivity contribution is 5.48. The summed E-state index contributed by atoms with van der Waals surface area (Å²) >= 11 is 0. The third-order valence-corrected chi connectivity index (χ3v) is 2.07. The SMILES string of the molecule is CCOC(Nc1c(F)c(F)c(F)c(F)c1F)C(F)F. The maximum atomic E-state index is 13.2. The Morgan fingerprint density at radius 2 is 1.32 bits per heavy atom. The molecule has 9 heteroatoms. The molecule has 2 nitrogen and oxygen atoms in total. The molecule has 0 aliphatic rings. The number of benzene rings is 1. The lowest BCUT2D eigenvalue weighted by atomic mass is 10.2. The molecule has 108 valence electrons. The number of alkyl halides is 2. The zero-order valence-corrected chi connectivity index (χ0v) is 9.42. The van der Waals surface area contributed by atoms with Crippen molar-refractivity contribution in [3.63, 3.8) is 0 Å². The van der Waals surface area contributed by atoms with E-state index in [1.54, 1.807) is 0 Å². The normalized spacial score (nSPS) is 12.9. The second-order valence-electron chi connectivity index (χ2n) is 3.30. The highest BCUT2D eigenvalue weighted by atomic mass is 19.3. The van der Waals surface area contributed by atoms with Crippen LogP contribution in [0, 0.1) is 29.1 Å². The molecule has 1 aromatic carbocycles. The molecule has 0 amide bonds. The lowest BCUT2D eigenvalue weighted by molar-refractivity contribution is -0.0352. The Morgan fingerprint density at radius 3 is 1.68 bits per heavy atom. The fourth-order valence-corrected chi connectivity index (χ4v) is 1.23.